The number of methoxy groups -OCH3 is 2. The van der Waals surface area contributed by atoms with Crippen molar-refractivity contribution in [2.75, 3.05) is 20.8 Å². The van der Waals surface area contributed by atoms with Gasteiger partial charge in [-0.05, 0) is 77.7 Å². The summed E-state index contributed by atoms with van der Waals surface area (Å²) in [6, 6.07) is 4.09. The molecule has 0 amide bonds. The fraction of sp³-hybridized carbons (Fsp3) is 0.647. The van der Waals surface area contributed by atoms with Gasteiger partial charge >= 0.3 is 0 Å². The maximum atomic E-state index is 5.83. The first-order valence-corrected chi connectivity index (χ1v) is 8.54. The van der Waals surface area contributed by atoms with Gasteiger partial charge in [0.1, 0.15) is 11.5 Å². The van der Waals surface area contributed by atoms with Gasteiger partial charge in [-0.1, -0.05) is 12.8 Å². The van der Waals surface area contributed by atoms with E-state index in [0.29, 0.717) is 5.41 Å². The molecule has 0 aromatic heterocycles. The summed E-state index contributed by atoms with van der Waals surface area (Å²) >= 11 is 3.51. The lowest BCUT2D eigenvalue weighted by molar-refractivity contribution is 0.252. The Hall–Kier alpha value is -0.740. The second-order valence-electron chi connectivity index (χ2n) is 6.04. The molecule has 3 nitrogen and oxygen atoms in total. The van der Waals surface area contributed by atoms with Crippen molar-refractivity contribution in [3.63, 3.8) is 0 Å². The van der Waals surface area contributed by atoms with Crippen molar-refractivity contribution >= 4 is 15.9 Å². The molecule has 0 aliphatic heterocycles. The first kappa shape index (κ1) is 16.6. The molecule has 0 atom stereocenters. The van der Waals surface area contributed by atoms with E-state index >= 15 is 0 Å². The lowest BCUT2D eigenvalue weighted by Crippen LogP contribution is -2.22. The van der Waals surface area contributed by atoms with E-state index < -0.39 is 0 Å². The minimum atomic E-state index is 0.445. The molecule has 1 fully saturated rings. The van der Waals surface area contributed by atoms with E-state index in [1.807, 2.05) is 6.07 Å². The molecule has 0 radical (unpaired) electrons. The van der Waals surface area contributed by atoms with Gasteiger partial charge in [0.05, 0.1) is 18.7 Å². The van der Waals surface area contributed by atoms with Crippen LogP contribution in [0.1, 0.15) is 44.1 Å². The fourth-order valence-electron chi connectivity index (χ4n) is 3.58. The summed E-state index contributed by atoms with van der Waals surface area (Å²) in [7, 11) is 3.42. The molecule has 0 saturated heterocycles. The summed E-state index contributed by atoms with van der Waals surface area (Å²) in [5, 5.41) is 0. The molecule has 0 spiro atoms. The number of aryl methyl sites for hydroxylation is 1. The highest BCUT2D eigenvalue weighted by molar-refractivity contribution is 9.10. The smallest absolute Gasteiger partial charge is 0.133 e. The highest BCUT2D eigenvalue weighted by Gasteiger charge is 2.32. The van der Waals surface area contributed by atoms with Crippen molar-refractivity contribution in [3.05, 3.63) is 22.2 Å². The third-order valence-electron chi connectivity index (χ3n) is 4.82. The average molecular weight is 356 g/mol. The Morgan fingerprint density at radius 3 is 2.33 bits per heavy atom. The van der Waals surface area contributed by atoms with Gasteiger partial charge in [0.2, 0.25) is 0 Å². The van der Waals surface area contributed by atoms with Crippen LogP contribution in [0.15, 0.2) is 16.6 Å². The van der Waals surface area contributed by atoms with E-state index in [4.69, 9.17) is 15.2 Å². The Balaban J connectivity index is 2.14. The number of hydrogen-bond acceptors (Lipinski definition) is 3. The molecule has 0 bridgehead atoms. The highest BCUT2D eigenvalue weighted by atomic mass is 79.9. The lowest BCUT2D eigenvalue weighted by atomic mass is 9.77. The number of benzene rings is 1. The van der Waals surface area contributed by atoms with Crippen LogP contribution in [0.4, 0.5) is 0 Å². The van der Waals surface area contributed by atoms with E-state index in [1.165, 1.54) is 37.7 Å². The molecule has 118 valence electrons. The monoisotopic (exact) mass is 355 g/mol. The zero-order valence-corrected chi connectivity index (χ0v) is 14.7. The minimum absolute atomic E-state index is 0.445. The summed E-state index contributed by atoms with van der Waals surface area (Å²) in [4.78, 5) is 0. The lowest BCUT2D eigenvalue weighted by Gasteiger charge is -2.29. The molecule has 1 saturated carbocycles. The van der Waals surface area contributed by atoms with Gasteiger partial charge in [0.25, 0.3) is 0 Å². The molecule has 0 heterocycles. The quantitative estimate of drug-likeness (QED) is 0.792. The third-order valence-corrected chi connectivity index (χ3v) is 5.44. The Kier molecular flexibility index (Phi) is 5.94. The molecular formula is C17H26BrNO2. The molecule has 1 aromatic carbocycles. The molecule has 21 heavy (non-hydrogen) atoms. The molecule has 1 aliphatic rings. The van der Waals surface area contributed by atoms with Gasteiger partial charge < -0.3 is 15.2 Å². The zero-order chi connectivity index (χ0) is 15.3. The van der Waals surface area contributed by atoms with E-state index in [-0.39, 0.29) is 0 Å². The van der Waals surface area contributed by atoms with Crippen LogP contribution >= 0.6 is 15.9 Å². The first-order valence-electron chi connectivity index (χ1n) is 7.74. The van der Waals surface area contributed by atoms with Gasteiger partial charge in [-0.3, -0.25) is 0 Å². The summed E-state index contributed by atoms with van der Waals surface area (Å²) in [5.41, 5.74) is 7.50. The molecule has 4 heteroatoms. The largest absolute Gasteiger partial charge is 0.496 e. The van der Waals surface area contributed by atoms with Crippen LogP contribution in [-0.4, -0.2) is 20.8 Å². The van der Waals surface area contributed by atoms with Gasteiger partial charge in [-0.25, -0.2) is 0 Å². The van der Waals surface area contributed by atoms with Crippen LogP contribution in [0.25, 0.3) is 0 Å². The second-order valence-corrected chi connectivity index (χ2v) is 6.90. The molecule has 2 rings (SSSR count). The normalized spacial score (nSPS) is 17.0. The number of rotatable bonds is 7. The van der Waals surface area contributed by atoms with E-state index in [2.05, 4.69) is 22.0 Å². The second kappa shape index (κ2) is 7.50. The molecule has 0 unspecified atom stereocenters. The summed E-state index contributed by atoms with van der Waals surface area (Å²) in [6.45, 7) is 0.792. The number of hydrogen-bond donors (Lipinski definition) is 1. The number of ether oxygens (including phenoxy) is 2. The molecule has 1 aromatic rings. The standard InChI is InChI=1S/C17H26BrNO2/c1-20-15-12-14(18)16(21-2)11-13(15)5-8-17(9-10-19)6-3-4-7-17/h11-12H,3-10,19H2,1-2H3. The molecule has 1 aliphatic carbocycles. The third kappa shape index (κ3) is 3.92. The van der Waals surface area contributed by atoms with Crippen LogP contribution in [0.2, 0.25) is 0 Å². The summed E-state index contributed by atoms with van der Waals surface area (Å²) < 4.78 is 11.9. The predicted octanol–water partition coefficient (Wildman–Crippen LogP) is 4.31. The zero-order valence-electron chi connectivity index (χ0n) is 13.1. The van der Waals surface area contributed by atoms with Crippen molar-refractivity contribution in [1.82, 2.24) is 0 Å². The Morgan fingerprint density at radius 1 is 1.10 bits per heavy atom. The molecular weight excluding hydrogens is 330 g/mol. The van der Waals surface area contributed by atoms with Crippen molar-refractivity contribution < 1.29 is 9.47 Å². The average Bonchev–Trinajstić information content (AvgIpc) is 2.95. The Bertz CT molecular complexity index is 470. The van der Waals surface area contributed by atoms with Gasteiger partial charge in [0, 0.05) is 0 Å². The Labute approximate surface area is 136 Å². The first-order chi connectivity index (χ1) is 10.1. The topological polar surface area (TPSA) is 44.5 Å². The van der Waals surface area contributed by atoms with Crippen LogP contribution in [0.3, 0.4) is 0 Å². The summed E-state index contributed by atoms with van der Waals surface area (Å²) in [6.07, 6.45) is 8.68. The van der Waals surface area contributed by atoms with E-state index in [9.17, 15) is 0 Å². The maximum absolute atomic E-state index is 5.83. The van der Waals surface area contributed by atoms with Crippen molar-refractivity contribution in [2.24, 2.45) is 11.1 Å². The van der Waals surface area contributed by atoms with Crippen LogP contribution in [0, 0.1) is 5.41 Å². The predicted molar refractivity (Wildman–Crippen MR) is 90.1 cm³/mol. The SMILES string of the molecule is COc1cc(CCC2(CCN)CCCC2)c(OC)cc1Br. The van der Waals surface area contributed by atoms with Crippen molar-refractivity contribution in [2.45, 2.75) is 44.9 Å². The number of halogens is 1. The Morgan fingerprint density at radius 2 is 1.76 bits per heavy atom. The molecule has 2 N–H and O–H groups in total. The van der Waals surface area contributed by atoms with E-state index in [0.717, 1.165) is 35.4 Å². The van der Waals surface area contributed by atoms with Crippen LogP contribution in [0.5, 0.6) is 11.5 Å². The summed E-state index contributed by atoms with van der Waals surface area (Å²) in [5.74, 6) is 1.80. The van der Waals surface area contributed by atoms with Gasteiger partial charge in [-0.15, -0.1) is 0 Å². The fourth-order valence-corrected chi connectivity index (χ4v) is 4.06. The van der Waals surface area contributed by atoms with Crippen LogP contribution < -0.4 is 15.2 Å². The maximum Gasteiger partial charge on any atom is 0.133 e. The van der Waals surface area contributed by atoms with Gasteiger partial charge in [-0.2, -0.15) is 0 Å². The van der Waals surface area contributed by atoms with Crippen molar-refractivity contribution in [1.29, 1.82) is 0 Å². The number of nitrogens with two attached hydrogens (primary N) is 1. The minimum Gasteiger partial charge on any atom is -0.496 e. The van der Waals surface area contributed by atoms with Crippen LogP contribution in [-0.2, 0) is 6.42 Å². The van der Waals surface area contributed by atoms with Gasteiger partial charge in [0.15, 0.2) is 0 Å². The highest BCUT2D eigenvalue weighted by Crippen LogP contribution is 2.45. The van der Waals surface area contributed by atoms with Crippen molar-refractivity contribution in [3.8, 4) is 11.5 Å². The van der Waals surface area contributed by atoms with E-state index in [1.54, 1.807) is 14.2 Å².